The molecule has 0 atom stereocenters. The summed E-state index contributed by atoms with van der Waals surface area (Å²) in [6, 6.07) is 6.40. The standard InChI is InChI=1S/C8H6N2/c1-2-7-6-3-5(1)4-8(6)10-9-7/h1-3H,4H2,(H,9,10). The fourth-order valence-corrected chi connectivity index (χ4v) is 1.56. The van der Waals surface area contributed by atoms with Gasteiger partial charge in [-0.1, -0.05) is 6.07 Å². The Balaban J connectivity index is 2.70. The number of benzene rings is 1. The van der Waals surface area contributed by atoms with Crippen LogP contribution in [0.5, 0.6) is 0 Å². The van der Waals surface area contributed by atoms with Gasteiger partial charge in [0.15, 0.2) is 0 Å². The number of nitrogens with one attached hydrogen (secondary N) is 1. The molecule has 10 heavy (non-hydrogen) atoms. The van der Waals surface area contributed by atoms with Crippen LogP contribution in [-0.2, 0) is 6.42 Å². The van der Waals surface area contributed by atoms with Gasteiger partial charge in [-0.25, -0.2) is 0 Å². The van der Waals surface area contributed by atoms with E-state index < -0.39 is 0 Å². The van der Waals surface area contributed by atoms with Crippen LogP contribution in [0.3, 0.4) is 0 Å². The monoisotopic (exact) mass is 130 g/mol. The number of aromatic nitrogens is 2. The number of aromatic amines is 1. The highest BCUT2D eigenvalue weighted by Crippen LogP contribution is 2.26. The lowest BCUT2D eigenvalue weighted by Crippen LogP contribution is -1.82. The van der Waals surface area contributed by atoms with Crippen molar-refractivity contribution < 1.29 is 0 Å². The molecule has 2 bridgehead atoms. The molecule has 0 saturated carbocycles. The van der Waals surface area contributed by atoms with Gasteiger partial charge < -0.3 is 0 Å². The molecular formula is C8H6N2. The van der Waals surface area contributed by atoms with E-state index in [1.54, 1.807) is 0 Å². The lowest BCUT2D eigenvalue weighted by Gasteiger charge is -1.88. The van der Waals surface area contributed by atoms with Gasteiger partial charge in [0.05, 0.1) is 5.52 Å². The molecule has 1 aliphatic carbocycles. The van der Waals surface area contributed by atoms with Crippen LogP contribution in [0.25, 0.3) is 10.9 Å². The summed E-state index contributed by atoms with van der Waals surface area (Å²) in [4.78, 5) is 0. The highest BCUT2D eigenvalue weighted by molar-refractivity contribution is 5.85. The summed E-state index contributed by atoms with van der Waals surface area (Å²) in [6.45, 7) is 0. The van der Waals surface area contributed by atoms with Crippen LogP contribution in [0.1, 0.15) is 11.3 Å². The van der Waals surface area contributed by atoms with Gasteiger partial charge in [-0.15, -0.1) is 0 Å². The van der Waals surface area contributed by atoms with Gasteiger partial charge in [-0.3, -0.25) is 5.10 Å². The van der Waals surface area contributed by atoms with Crippen LogP contribution < -0.4 is 0 Å². The van der Waals surface area contributed by atoms with E-state index >= 15 is 0 Å². The first kappa shape index (κ1) is 4.50. The van der Waals surface area contributed by atoms with Crippen molar-refractivity contribution in [2.45, 2.75) is 6.42 Å². The molecule has 0 radical (unpaired) electrons. The van der Waals surface area contributed by atoms with Crippen molar-refractivity contribution in [1.29, 1.82) is 0 Å². The number of fused-ring (bicyclic) bond motifs is 1. The molecule has 0 saturated heterocycles. The van der Waals surface area contributed by atoms with Crippen LogP contribution in [-0.4, -0.2) is 10.2 Å². The predicted octanol–water partition coefficient (Wildman–Crippen LogP) is 1.47. The molecule has 0 spiro atoms. The molecule has 0 amide bonds. The van der Waals surface area contributed by atoms with E-state index in [0.717, 1.165) is 11.9 Å². The van der Waals surface area contributed by atoms with E-state index in [0.29, 0.717) is 0 Å². The lowest BCUT2D eigenvalue weighted by atomic mass is 10.2. The van der Waals surface area contributed by atoms with Crippen molar-refractivity contribution >= 4 is 10.9 Å². The number of hydrogen-bond acceptors (Lipinski definition) is 1. The fraction of sp³-hybridized carbons (Fsp3) is 0.125. The number of rotatable bonds is 0. The summed E-state index contributed by atoms with van der Waals surface area (Å²) in [5, 5.41) is 8.46. The first-order valence-corrected chi connectivity index (χ1v) is 3.39. The minimum absolute atomic E-state index is 1.04. The van der Waals surface area contributed by atoms with Gasteiger partial charge >= 0.3 is 0 Å². The summed E-state index contributed by atoms with van der Waals surface area (Å²) >= 11 is 0. The molecule has 2 heteroatoms. The fourth-order valence-electron chi connectivity index (χ4n) is 1.56. The summed E-state index contributed by atoms with van der Waals surface area (Å²) in [7, 11) is 0. The van der Waals surface area contributed by atoms with Gasteiger partial charge in [0.1, 0.15) is 0 Å². The molecule has 2 nitrogen and oxygen atoms in total. The SMILES string of the molecule is c1cc2n[nH]c3c2cc1C3. The Hall–Kier alpha value is -1.31. The third-order valence-electron chi connectivity index (χ3n) is 2.08. The lowest BCUT2D eigenvalue weighted by molar-refractivity contribution is 1.02. The predicted molar refractivity (Wildman–Crippen MR) is 38.9 cm³/mol. The zero-order chi connectivity index (χ0) is 6.55. The Morgan fingerprint density at radius 3 is 3.40 bits per heavy atom. The molecule has 1 N–H and O–H groups in total. The van der Waals surface area contributed by atoms with E-state index in [2.05, 4.69) is 28.4 Å². The maximum absolute atomic E-state index is 4.14. The summed E-state index contributed by atoms with van der Waals surface area (Å²) < 4.78 is 0. The van der Waals surface area contributed by atoms with Crippen LogP contribution in [0, 0.1) is 0 Å². The van der Waals surface area contributed by atoms with Crippen molar-refractivity contribution in [2.75, 3.05) is 0 Å². The minimum atomic E-state index is 1.04. The van der Waals surface area contributed by atoms with E-state index in [1.165, 1.54) is 16.6 Å². The molecule has 1 aromatic heterocycles. The van der Waals surface area contributed by atoms with Crippen molar-refractivity contribution in [3.8, 4) is 0 Å². The molecule has 0 unspecified atom stereocenters. The van der Waals surface area contributed by atoms with Crippen LogP contribution in [0.15, 0.2) is 18.2 Å². The average Bonchev–Trinajstić information content (AvgIpc) is 2.38. The summed E-state index contributed by atoms with van der Waals surface area (Å²) in [5.74, 6) is 0. The van der Waals surface area contributed by atoms with E-state index in [4.69, 9.17) is 0 Å². The second-order valence-corrected chi connectivity index (χ2v) is 2.73. The molecule has 0 fully saturated rings. The summed E-state index contributed by atoms with van der Waals surface area (Å²) in [6.07, 6.45) is 1.04. The Labute approximate surface area is 57.9 Å². The molecule has 48 valence electrons. The first-order valence-electron chi connectivity index (χ1n) is 3.39. The quantitative estimate of drug-likeness (QED) is 0.490. The van der Waals surface area contributed by atoms with Gasteiger partial charge in [-0.05, 0) is 17.7 Å². The third kappa shape index (κ3) is 0.355. The molecular weight excluding hydrogens is 124 g/mol. The maximum atomic E-state index is 4.14. The van der Waals surface area contributed by atoms with Gasteiger partial charge in [-0.2, -0.15) is 5.10 Å². The van der Waals surface area contributed by atoms with Gasteiger partial charge in [0.25, 0.3) is 0 Å². The van der Waals surface area contributed by atoms with Gasteiger partial charge in [0, 0.05) is 17.5 Å². The van der Waals surface area contributed by atoms with Crippen LogP contribution in [0.4, 0.5) is 0 Å². The van der Waals surface area contributed by atoms with Gasteiger partial charge in [0.2, 0.25) is 0 Å². The largest absolute Gasteiger partial charge is 0.281 e. The highest BCUT2D eigenvalue weighted by atomic mass is 15.1. The average molecular weight is 130 g/mol. The molecule has 2 aromatic rings. The Kier molecular flexibility index (Phi) is 0.556. The topological polar surface area (TPSA) is 28.7 Å². The van der Waals surface area contributed by atoms with Crippen molar-refractivity contribution in [2.24, 2.45) is 0 Å². The smallest absolute Gasteiger partial charge is 0.0924 e. The van der Waals surface area contributed by atoms with Crippen molar-refractivity contribution in [3.05, 3.63) is 29.5 Å². The molecule has 1 aliphatic rings. The number of H-pyrrole nitrogens is 1. The second kappa shape index (κ2) is 1.24. The Morgan fingerprint density at radius 2 is 2.40 bits per heavy atom. The van der Waals surface area contributed by atoms with Crippen LogP contribution in [0.2, 0.25) is 0 Å². The zero-order valence-electron chi connectivity index (χ0n) is 5.39. The van der Waals surface area contributed by atoms with Crippen molar-refractivity contribution in [1.82, 2.24) is 10.2 Å². The third-order valence-corrected chi connectivity index (χ3v) is 2.08. The molecule has 1 heterocycles. The minimum Gasteiger partial charge on any atom is -0.281 e. The van der Waals surface area contributed by atoms with E-state index in [1.807, 2.05) is 0 Å². The highest BCUT2D eigenvalue weighted by Gasteiger charge is 2.12. The van der Waals surface area contributed by atoms with E-state index in [-0.39, 0.29) is 0 Å². The van der Waals surface area contributed by atoms with Crippen LogP contribution >= 0.6 is 0 Å². The van der Waals surface area contributed by atoms with E-state index in [9.17, 15) is 0 Å². The maximum Gasteiger partial charge on any atom is 0.0924 e. The normalized spacial score (nSPS) is 13.6. The van der Waals surface area contributed by atoms with Crippen molar-refractivity contribution in [3.63, 3.8) is 0 Å². The molecule has 0 aliphatic heterocycles. The molecule has 3 rings (SSSR count). The first-order chi connectivity index (χ1) is 4.93. The Morgan fingerprint density at radius 1 is 1.40 bits per heavy atom. The number of nitrogens with zero attached hydrogens (tertiary/aromatic N) is 1. The second-order valence-electron chi connectivity index (χ2n) is 2.73. The zero-order valence-corrected chi connectivity index (χ0v) is 5.39. The number of hydrogen-bond donors (Lipinski definition) is 1. The summed E-state index contributed by atoms with van der Waals surface area (Å²) in [5.41, 5.74) is 3.77. The molecule has 1 aromatic carbocycles. The Bertz CT molecular complexity index is 401.